The van der Waals surface area contributed by atoms with Gasteiger partial charge in [-0.1, -0.05) is 19.4 Å². The third-order valence-corrected chi connectivity index (χ3v) is 5.00. The molecule has 2 heteroatoms. The first-order valence-electron chi connectivity index (χ1n) is 7.97. The fourth-order valence-electron chi connectivity index (χ4n) is 3.84. The van der Waals surface area contributed by atoms with E-state index < -0.39 is 0 Å². The summed E-state index contributed by atoms with van der Waals surface area (Å²) in [7, 11) is 0. The van der Waals surface area contributed by atoms with Gasteiger partial charge in [-0.25, -0.2) is 0 Å². The summed E-state index contributed by atoms with van der Waals surface area (Å²) in [5.74, 6) is 0.997. The maximum Gasteiger partial charge on any atom is 0.0205 e. The van der Waals surface area contributed by atoms with Crippen LogP contribution < -0.4 is 5.32 Å². The molecular formula is C16H28N2. The van der Waals surface area contributed by atoms with Crippen LogP contribution in [-0.2, 0) is 0 Å². The number of nitrogens with one attached hydrogen (secondary N) is 1. The van der Waals surface area contributed by atoms with Crippen LogP contribution in [0.25, 0.3) is 0 Å². The fourth-order valence-corrected chi connectivity index (χ4v) is 3.84. The molecule has 0 aromatic carbocycles. The van der Waals surface area contributed by atoms with E-state index in [9.17, 15) is 0 Å². The fraction of sp³-hybridized carbons (Fsp3) is 0.875. The maximum absolute atomic E-state index is 4.28. The lowest BCUT2D eigenvalue weighted by atomic mass is 9.78. The molecule has 18 heavy (non-hydrogen) atoms. The molecule has 2 saturated carbocycles. The monoisotopic (exact) mass is 248 g/mol. The van der Waals surface area contributed by atoms with Crippen LogP contribution in [-0.4, -0.2) is 36.6 Å². The first-order valence-corrected chi connectivity index (χ1v) is 7.97. The van der Waals surface area contributed by atoms with Crippen LogP contribution in [0.15, 0.2) is 12.2 Å². The molecule has 3 aliphatic rings. The Morgan fingerprint density at radius 3 is 2.67 bits per heavy atom. The number of hydrogen-bond acceptors (Lipinski definition) is 2. The van der Waals surface area contributed by atoms with Gasteiger partial charge in [0.1, 0.15) is 0 Å². The van der Waals surface area contributed by atoms with Crippen LogP contribution in [0, 0.1) is 5.92 Å². The molecule has 0 aromatic heterocycles. The number of nitrogens with zero attached hydrogens (tertiary/aromatic N) is 1. The lowest BCUT2D eigenvalue weighted by molar-refractivity contribution is 0.0686. The molecule has 0 bridgehead atoms. The first-order chi connectivity index (χ1) is 8.83. The second kappa shape index (κ2) is 5.75. The summed E-state index contributed by atoms with van der Waals surface area (Å²) < 4.78 is 0. The van der Waals surface area contributed by atoms with Gasteiger partial charge < -0.3 is 5.32 Å². The molecule has 0 aromatic rings. The van der Waals surface area contributed by atoms with Gasteiger partial charge in [0, 0.05) is 25.2 Å². The number of hydrogen-bond donors (Lipinski definition) is 1. The molecule has 2 unspecified atom stereocenters. The van der Waals surface area contributed by atoms with Crippen molar-refractivity contribution < 1.29 is 0 Å². The van der Waals surface area contributed by atoms with Crippen LogP contribution in [0.4, 0.5) is 0 Å². The highest BCUT2D eigenvalue weighted by Gasteiger charge is 2.33. The molecule has 102 valence electrons. The van der Waals surface area contributed by atoms with E-state index in [0.29, 0.717) is 0 Å². The number of rotatable bonds is 5. The molecule has 0 amide bonds. The summed E-state index contributed by atoms with van der Waals surface area (Å²) in [6.45, 7) is 7.77. The van der Waals surface area contributed by atoms with E-state index in [-0.39, 0.29) is 0 Å². The van der Waals surface area contributed by atoms with E-state index >= 15 is 0 Å². The Labute approximate surface area is 112 Å². The smallest absolute Gasteiger partial charge is 0.0205 e. The molecule has 2 atom stereocenters. The minimum absolute atomic E-state index is 0.811. The van der Waals surface area contributed by atoms with Gasteiger partial charge in [-0.05, 0) is 56.6 Å². The number of piperidine rings is 1. The quantitative estimate of drug-likeness (QED) is 0.753. The minimum atomic E-state index is 0.811. The number of likely N-dealkylation sites (tertiary alicyclic amines) is 1. The van der Waals surface area contributed by atoms with Gasteiger partial charge in [0.05, 0.1) is 0 Å². The van der Waals surface area contributed by atoms with Crippen LogP contribution in [0.2, 0.25) is 0 Å². The lowest BCUT2D eigenvalue weighted by Gasteiger charge is -2.44. The van der Waals surface area contributed by atoms with Crippen LogP contribution in [0.3, 0.4) is 0 Å². The van der Waals surface area contributed by atoms with Gasteiger partial charge in [-0.15, -0.1) is 0 Å². The number of fused-ring (bicyclic) bond motifs is 1. The summed E-state index contributed by atoms with van der Waals surface area (Å²) in [5, 5.41) is 3.59. The SMILES string of the molecule is C=C(CNC1CC1)CN1CCCC2CCCCC21. The second-order valence-corrected chi connectivity index (χ2v) is 6.63. The van der Waals surface area contributed by atoms with Crippen molar-refractivity contribution in [1.82, 2.24) is 10.2 Å². The third-order valence-electron chi connectivity index (χ3n) is 5.00. The van der Waals surface area contributed by atoms with Crippen molar-refractivity contribution in [2.24, 2.45) is 5.92 Å². The van der Waals surface area contributed by atoms with E-state index in [1.807, 2.05) is 0 Å². The zero-order valence-electron chi connectivity index (χ0n) is 11.7. The van der Waals surface area contributed by atoms with Crippen LogP contribution in [0.5, 0.6) is 0 Å². The molecule has 1 N–H and O–H groups in total. The highest BCUT2D eigenvalue weighted by atomic mass is 15.2. The Bertz CT molecular complexity index is 293. The van der Waals surface area contributed by atoms with Gasteiger partial charge in [0.25, 0.3) is 0 Å². The van der Waals surface area contributed by atoms with E-state index in [0.717, 1.165) is 31.1 Å². The van der Waals surface area contributed by atoms with Crippen molar-refractivity contribution in [1.29, 1.82) is 0 Å². The van der Waals surface area contributed by atoms with Gasteiger partial charge in [0.2, 0.25) is 0 Å². The van der Waals surface area contributed by atoms with Crippen LogP contribution >= 0.6 is 0 Å². The average molecular weight is 248 g/mol. The van der Waals surface area contributed by atoms with E-state index in [2.05, 4.69) is 16.8 Å². The topological polar surface area (TPSA) is 15.3 Å². The van der Waals surface area contributed by atoms with Gasteiger partial charge in [-0.3, -0.25) is 4.90 Å². The molecule has 1 aliphatic heterocycles. The van der Waals surface area contributed by atoms with E-state index in [4.69, 9.17) is 0 Å². The first kappa shape index (κ1) is 12.7. The summed E-state index contributed by atoms with van der Waals surface area (Å²) in [6.07, 6.45) is 11.5. The Hall–Kier alpha value is -0.340. The van der Waals surface area contributed by atoms with Crippen molar-refractivity contribution in [3.63, 3.8) is 0 Å². The largest absolute Gasteiger partial charge is 0.310 e. The average Bonchev–Trinajstić information content (AvgIpc) is 3.21. The zero-order chi connectivity index (χ0) is 12.4. The van der Waals surface area contributed by atoms with Crippen molar-refractivity contribution in [2.75, 3.05) is 19.6 Å². The van der Waals surface area contributed by atoms with Crippen LogP contribution in [0.1, 0.15) is 51.4 Å². The predicted molar refractivity (Wildman–Crippen MR) is 76.7 cm³/mol. The molecule has 1 saturated heterocycles. The molecule has 2 nitrogen and oxygen atoms in total. The molecule has 1 heterocycles. The second-order valence-electron chi connectivity index (χ2n) is 6.63. The van der Waals surface area contributed by atoms with Gasteiger partial charge in [0.15, 0.2) is 0 Å². The Morgan fingerprint density at radius 1 is 1.06 bits per heavy atom. The highest BCUT2D eigenvalue weighted by molar-refractivity contribution is 5.04. The summed E-state index contributed by atoms with van der Waals surface area (Å²) >= 11 is 0. The molecule has 3 fully saturated rings. The highest BCUT2D eigenvalue weighted by Crippen LogP contribution is 2.35. The van der Waals surface area contributed by atoms with Crippen molar-refractivity contribution in [2.45, 2.75) is 63.5 Å². The molecule has 2 aliphatic carbocycles. The Morgan fingerprint density at radius 2 is 1.83 bits per heavy atom. The normalized spacial score (nSPS) is 33.1. The van der Waals surface area contributed by atoms with Crippen molar-refractivity contribution >= 4 is 0 Å². The summed E-state index contributed by atoms with van der Waals surface area (Å²) in [6, 6.07) is 1.69. The van der Waals surface area contributed by atoms with Gasteiger partial charge >= 0.3 is 0 Å². The minimum Gasteiger partial charge on any atom is -0.310 e. The standard InChI is InChI=1S/C16H28N2/c1-13(11-17-15-8-9-15)12-18-10-4-6-14-5-2-3-7-16(14)18/h14-17H,1-12H2. The molecular weight excluding hydrogens is 220 g/mol. The molecule has 3 rings (SSSR count). The van der Waals surface area contributed by atoms with Gasteiger partial charge in [-0.2, -0.15) is 0 Å². The predicted octanol–water partition coefficient (Wildman–Crippen LogP) is 2.95. The Balaban J connectivity index is 1.48. The van der Waals surface area contributed by atoms with E-state index in [1.54, 1.807) is 0 Å². The van der Waals surface area contributed by atoms with E-state index in [1.165, 1.54) is 63.5 Å². The lowest BCUT2D eigenvalue weighted by Crippen LogP contribution is -2.47. The zero-order valence-corrected chi connectivity index (χ0v) is 11.7. The third kappa shape index (κ3) is 3.16. The summed E-state index contributed by atoms with van der Waals surface area (Å²) in [5.41, 5.74) is 1.40. The van der Waals surface area contributed by atoms with Crippen molar-refractivity contribution in [3.8, 4) is 0 Å². The molecule has 0 radical (unpaired) electrons. The summed E-state index contributed by atoms with van der Waals surface area (Å²) in [4.78, 5) is 2.74. The molecule has 0 spiro atoms. The maximum atomic E-state index is 4.28. The Kier molecular flexibility index (Phi) is 4.05. The van der Waals surface area contributed by atoms with Crippen molar-refractivity contribution in [3.05, 3.63) is 12.2 Å².